The molecule has 0 aliphatic rings. The molecular formula is C27H27N3O5. The summed E-state index contributed by atoms with van der Waals surface area (Å²) in [7, 11) is 0. The number of carboxylic acid groups (broad SMARTS) is 1. The maximum atomic E-state index is 11.4. The van der Waals surface area contributed by atoms with E-state index in [0.29, 0.717) is 47.5 Å². The molecule has 8 heteroatoms. The maximum absolute atomic E-state index is 11.4. The zero-order valence-corrected chi connectivity index (χ0v) is 19.1. The van der Waals surface area contributed by atoms with E-state index < -0.39 is 5.97 Å². The fraction of sp³-hybridized carbons (Fsp3) is 0.185. The first-order chi connectivity index (χ1) is 17.0. The number of aliphatic imine (C=N–C) groups is 1. The highest BCUT2D eigenvalue weighted by Crippen LogP contribution is 2.32. The number of aromatic nitrogens is 1. The first-order valence-electron chi connectivity index (χ1n) is 11.3. The van der Waals surface area contributed by atoms with E-state index in [0.717, 1.165) is 11.1 Å². The summed E-state index contributed by atoms with van der Waals surface area (Å²) in [5.41, 5.74) is 4.16. The summed E-state index contributed by atoms with van der Waals surface area (Å²) in [6, 6.07) is 21.8. The van der Waals surface area contributed by atoms with Crippen molar-refractivity contribution in [2.75, 3.05) is 26.3 Å². The molecule has 0 aliphatic carbocycles. The number of aliphatic hydroxyl groups is 2. The number of rotatable bonds is 10. The van der Waals surface area contributed by atoms with Gasteiger partial charge in [-0.15, -0.1) is 0 Å². The van der Waals surface area contributed by atoms with Gasteiger partial charge in [0.15, 0.2) is 5.88 Å². The molecule has 180 valence electrons. The van der Waals surface area contributed by atoms with Crippen molar-refractivity contribution >= 4 is 28.3 Å². The lowest BCUT2D eigenvalue weighted by Gasteiger charge is -2.20. The Hall–Kier alpha value is -3.98. The van der Waals surface area contributed by atoms with Crippen LogP contribution in [0.5, 0.6) is 5.88 Å². The number of fused-ring (bicyclic) bond motifs is 1. The van der Waals surface area contributed by atoms with Gasteiger partial charge in [0.25, 0.3) is 0 Å². The summed E-state index contributed by atoms with van der Waals surface area (Å²) in [6.45, 7) is 1.58. The van der Waals surface area contributed by atoms with Crippen molar-refractivity contribution < 1.29 is 25.2 Å². The Labute approximate surface area is 202 Å². The fourth-order valence-electron chi connectivity index (χ4n) is 4.03. The highest BCUT2D eigenvalue weighted by Gasteiger charge is 2.19. The van der Waals surface area contributed by atoms with Crippen molar-refractivity contribution in [3.05, 3.63) is 95.1 Å². The Morgan fingerprint density at radius 1 is 0.886 bits per heavy atom. The highest BCUT2D eigenvalue weighted by atomic mass is 16.4. The molecule has 0 aliphatic heterocycles. The monoisotopic (exact) mass is 473 g/mol. The molecule has 0 amide bonds. The van der Waals surface area contributed by atoms with E-state index in [2.05, 4.69) is 4.98 Å². The van der Waals surface area contributed by atoms with Crippen LogP contribution in [-0.4, -0.2) is 68.3 Å². The lowest BCUT2D eigenvalue weighted by atomic mass is 10.00. The van der Waals surface area contributed by atoms with Gasteiger partial charge in [-0.2, -0.15) is 0 Å². The number of hydrogen-bond acceptors (Lipinski definition) is 6. The molecule has 0 bridgehead atoms. The van der Waals surface area contributed by atoms with E-state index in [1.807, 2.05) is 59.5 Å². The summed E-state index contributed by atoms with van der Waals surface area (Å²) in [4.78, 5) is 21.1. The van der Waals surface area contributed by atoms with Gasteiger partial charge in [0.05, 0.1) is 35.7 Å². The number of hydrogen-bond donors (Lipinski definition) is 5. The number of H-pyrrole nitrogens is 1. The third-order valence-electron chi connectivity index (χ3n) is 5.73. The van der Waals surface area contributed by atoms with Gasteiger partial charge >= 0.3 is 5.97 Å². The molecule has 0 fully saturated rings. The smallest absolute Gasteiger partial charge is 0.335 e. The van der Waals surface area contributed by atoms with Crippen molar-refractivity contribution in [1.29, 1.82) is 0 Å². The van der Waals surface area contributed by atoms with Gasteiger partial charge in [-0.05, 0) is 29.8 Å². The quantitative estimate of drug-likeness (QED) is 0.224. The van der Waals surface area contributed by atoms with Crippen molar-refractivity contribution in [2.45, 2.75) is 6.54 Å². The van der Waals surface area contributed by atoms with Crippen molar-refractivity contribution in [1.82, 2.24) is 9.88 Å². The van der Waals surface area contributed by atoms with E-state index in [9.17, 15) is 25.2 Å². The number of nitrogens with one attached hydrogen (secondary N) is 1. The predicted molar refractivity (Wildman–Crippen MR) is 135 cm³/mol. The number of carbonyl (C=O) groups is 1. The summed E-state index contributed by atoms with van der Waals surface area (Å²) in [5, 5.41) is 39.2. The molecule has 4 rings (SSSR count). The molecule has 1 heterocycles. The number of aliphatic hydroxyl groups excluding tert-OH is 2. The number of aromatic carboxylic acids is 1. The Bertz CT molecular complexity index is 1320. The van der Waals surface area contributed by atoms with Gasteiger partial charge in [0, 0.05) is 36.1 Å². The zero-order chi connectivity index (χ0) is 24.8. The van der Waals surface area contributed by atoms with Crippen molar-refractivity contribution in [2.24, 2.45) is 4.99 Å². The number of carboxylic acids is 1. The van der Waals surface area contributed by atoms with Crippen LogP contribution in [0.15, 0.2) is 77.8 Å². The van der Waals surface area contributed by atoms with Crippen LogP contribution in [0.2, 0.25) is 0 Å². The molecule has 8 nitrogen and oxygen atoms in total. The van der Waals surface area contributed by atoms with Gasteiger partial charge in [0.2, 0.25) is 0 Å². The number of aromatic amines is 1. The largest absolute Gasteiger partial charge is 0.494 e. The van der Waals surface area contributed by atoms with Crippen molar-refractivity contribution in [3.8, 4) is 5.88 Å². The fourth-order valence-corrected chi connectivity index (χ4v) is 4.03. The Morgan fingerprint density at radius 2 is 1.57 bits per heavy atom. The van der Waals surface area contributed by atoms with Crippen LogP contribution in [0.3, 0.4) is 0 Å². The third kappa shape index (κ3) is 5.58. The first kappa shape index (κ1) is 24.2. The summed E-state index contributed by atoms with van der Waals surface area (Å²) >= 11 is 0. The van der Waals surface area contributed by atoms with Gasteiger partial charge in [-0.1, -0.05) is 48.5 Å². The van der Waals surface area contributed by atoms with Gasteiger partial charge in [0.1, 0.15) is 0 Å². The molecule has 0 unspecified atom stereocenters. The molecule has 5 N–H and O–H groups in total. The minimum absolute atomic E-state index is 0.0187. The van der Waals surface area contributed by atoms with Gasteiger partial charge < -0.3 is 25.4 Å². The van der Waals surface area contributed by atoms with Crippen molar-refractivity contribution in [3.63, 3.8) is 0 Å². The first-order valence-corrected chi connectivity index (χ1v) is 11.3. The van der Waals surface area contributed by atoms with Crippen LogP contribution in [0.4, 0.5) is 5.69 Å². The van der Waals surface area contributed by atoms with Crippen LogP contribution in [-0.2, 0) is 6.54 Å². The maximum Gasteiger partial charge on any atom is 0.335 e. The minimum Gasteiger partial charge on any atom is -0.494 e. The van der Waals surface area contributed by atoms with Crippen LogP contribution in [0, 0.1) is 0 Å². The molecule has 0 atom stereocenters. The normalized spacial score (nSPS) is 11.9. The molecule has 0 saturated carbocycles. The van der Waals surface area contributed by atoms with Gasteiger partial charge in [-0.3, -0.25) is 4.90 Å². The standard InChI is InChI=1S/C27H27N3O5/c31-14-12-30(13-15-32)17-18-6-9-21(10-7-18)28-25(19-4-2-1-3-5-19)24-22-11-8-20(27(34)35)16-23(22)29-26(24)33/h1-11,16,29,31-33H,12-15,17H2,(H,34,35). The SMILES string of the molecule is O=C(O)c1ccc2c(C(=Nc3ccc(CN(CCO)CCO)cc3)c3ccccc3)c(O)[nH]c2c1. The van der Waals surface area contributed by atoms with Crippen LogP contribution < -0.4 is 0 Å². The average Bonchev–Trinajstić information content (AvgIpc) is 3.19. The van der Waals surface area contributed by atoms with E-state index in [1.165, 1.54) is 12.1 Å². The Kier molecular flexibility index (Phi) is 7.57. The second-order valence-corrected chi connectivity index (χ2v) is 8.13. The molecule has 3 aromatic carbocycles. The minimum atomic E-state index is -1.05. The van der Waals surface area contributed by atoms with E-state index in [1.54, 1.807) is 6.07 Å². The number of benzene rings is 3. The molecule has 0 spiro atoms. The molecule has 0 saturated heterocycles. The second-order valence-electron chi connectivity index (χ2n) is 8.13. The van der Waals surface area contributed by atoms with Crippen LogP contribution in [0.25, 0.3) is 10.9 Å². The van der Waals surface area contributed by atoms with E-state index in [4.69, 9.17) is 4.99 Å². The van der Waals surface area contributed by atoms with E-state index in [-0.39, 0.29) is 24.7 Å². The molecule has 35 heavy (non-hydrogen) atoms. The topological polar surface area (TPSA) is 129 Å². The zero-order valence-electron chi connectivity index (χ0n) is 19.1. The number of aromatic hydroxyl groups is 1. The predicted octanol–water partition coefficient (Wildman–Crippen LogP) is 3.53. The lowest BCUT2D eigenvalue weighted by Crippen LogP contribution is -2.29. The highest BCUT2D eigenvalue weighted by molar-refractivity contribution is 6.22. The molecule has 4 aromatic rings. The average molecular weight is 474 g/mol. The van der Waals surface area contributed by atoms with Crippen LogP contribution >= 0.6 is 0 Å². The summed E-state index contributed by atoms with van der Waals surface area (Å²) < 4.78 is 0. The second kappa shape index (κ2) is 11.0. The Balaban J connectivity index is 1.74. The molecule has 1 aromatic heterocycles. The third-order valence-corrected chi connectivity index (χ3v) is 5.73. The van der Waals surface area contributed by atoms with Gasteiger partial charge in [-0.25, -0.2) is 9.79 Å². The number of nitrogens with zero attached hydrogens (tertiary/aromatic N) is 2. The lowest BCUT2D eigenvalue weighted by molar-refractivity contribution is 0.0697. The molecule has 0 radical (unpaired) electrons. The summed E-state index contributed by atoms with van der Waals surface area (Å²) in [5.74, 6) is -1.14. The van der Waals surface area contributed by atoms with Crippen LogP contribution in [0.1, 0.15) is 27.0 Å². The Morgan fingerprint density at radius 3 is 2.20 bits per heavy atom. The molecular weight excluding hydrogens is 446 g/mol. The van der Waals surface area contributed by atoms with E-state index >= 15 is 0 Å². The summed E-state index contributed by atoms with van der Waals surface area (Å²) in [6.07, 6.45) is 0.